The number of nitrogens with one attached hydrogen (secondary N) is 1. The van der Waals surface area contributed by atoms with Gasteiger partial charge in [0.25, 0.3) is 0 Å². The number of anilines is 1. The molecular weight excluding hydrogens is 216 g/mol. The van der Waals surface area contributed by atoms with Crippen LogP contribution < -0.4 is 5.32 Å². The van der Waals surface area contributed by atoms with Crippen molar-refractivity contribution < 1.29 is 9.90 Å². The Hall–Kier alpha value is -1.39. The molecule has 4 nitrogen and oxygen atoms in total. The molecule has 0 fully saturated rings. The first-order chi connectivity index (χ1) is 8.11. The highest BCUT2D eigenvalue weighted by Crippen LogP contribution is 2.04. The van der Waals surface area contributed by atoms with Crippen molar-refractivity contribution in [3.05, 3.63) is 30.3 Å². The Balaban J connectivity index is 2.34. The summed E-state index contributed by atoms with van der Waals surface area (Å²) in [7, 11) is 1.82. The van der Waals surface area contributed by atoms with Crippen molar-refractivity contribution in [1.82, 2.24) is 4.90 Å². The molecule has 1 unspecified atom stereocenters. The van der Waals surface area contributed by atoms with E-state index in [1.54, 1.807) is 0 Å². The topological polar surface area (TPSA) is 52.6 Å². The van der Waals surface area contributed by atoms with Crippen molar-refractivity contribution >= 4 is 11.6 Å². The first-order valence-electron chi connectivity index (χ1n) is 5.83. The van der Waals surface area contributed by atoms with E-state index in [0.717, 1.165) is 5.69 Å². The summed E-state index contributed by atoms with van der Waals surface area (Å²) < 4.78 is 0. The molecule has 17 heavy (non-hydrogen) atoms. The number of nitrogens with zero attached hydrogens (tertiary/aromatic N) is 1. The quantitative estimate of drug-likeness (QED) is 0.783. The van der Waals surface area contributed by atoms with Gasteiger partial charge in [-0.3, -0.25) is 9.69 Å². The molecule has 0 aliphatic rings. The molecule has 0 bridgehead atoms. The molecule has 4 heteroatoms. The number of rotatable bonds is 6. The van der Waals surface area contributed by atoms with Gasteiger partial charge >= 0.3 is 0 Å². The van der Waals surface area contributed by atoms with Crippen LogP contribution in [0.5, 0.6) is 0 Å². The number of aliphatic hydroxyl groups excluding tert-OH is 1. The zero-order valence-corrected chi connectivity index (χ0v) is 10.4. The Kier molecular flexibility index (Phi) is 5.66. The van der Waals surface area contributed by atoms with Crippen molar-refractivity contribution in [1.29, 1.82) is 0 Å². The molecule has 1 aromatic rings. The highest BCUT2D eigenvalue weighted by molar-refractivity contribution is 5.92. The Morgan fingerprint density at radius 3 is 2.65 bits per heavy atom. The van der Waals surface area contributed by atoms with Gasteiger partial charge in [-0.2, -0.15) is 0 Å². The number of para-hydroxylation sites is 1. The maximum Gasteiger partial charge on any atom is 0.238 e. The highest BCUT2D eigenvalue weighted by atomic mass is 16.3. The number of carbonyl (C=O) groups is 1. The third-order valence-electron chi connectivity index (χ3n) is 2.46. The normalized spacial score (nSPS) is 12.5. The summed E-state index contributed by atoms with van der Waals surface area (Å²) in [6.07, 6.45) is 0.328. The second-order valence-corrected chi connectivity index (χ2v) is 4.17. The van der Waals surface area contributed by atoms with Crippen molar-refractivity contribution in [2.45, 2.75) is 19.4 Å². The van der Waals surface area contributed by atoms with E-state index in [0.29, 0.717) is 13.0 Å². The van der Waals surface area contributed by atoms with Crippen LogP contribution in [0.2, 0.25) is 0 Å². The third kappa shape index (κ3) is 5.47. The van der Waals surface area contributed by atoms with E-state index in [4.69, 9.17) is 0 Å². The molecule has 0 saturated carbocycles. The Morgan fingerprint density at radius 1 is 1.41 bits per heavy atom. The fourth-order valence-corrected chi connectivity index (χ4v) is 1.52. The zero-order valence-electron chi connectivity index (χ0n) is 10.4. The van der Waals surface area contributed by atoms with Crippen LogP contribution in [0, 0.1) is 0 Å². The Bertz CT molecular complexity index is 341. The minimum Gasteiger partial charge on any atom is -0.392 e. The minimum atomic E-state index is -0.371. The highest BCUT2D eigenvalue weighted by Gasteiger charge is 2.10. The van der Waals surface area contributed by atoms with Crippen LogP contribution in [0.25, 0.3) is 0 Å². The summed E-state index contributed by atoms with van der Waals surface area (Å²) in [6, 6.07) is 9.34. The minimum absolute atomic E-state index is 0.0676. The second kappa shape index (κ2) is 7.04. The molecule has 2 N–H and O–H groups in total. The summed E-state index contributed by atoms with van der Waals surface area (Å²) in [5, 5.41) is 12.3. The fourth-order valence-electron chi connectivity index (χ4n) is 1.52. The first kappa shape index (κ1) is 13.7. The van der Waals surface area contributed by atoms with Crippen molar-refractivity contribution in [3.63, 3.8) is 0 Å². The number of hydrogen-bond donors (Lipinski definition) is 2. The van der Waals surface area contributed by atoms with E-state index in [1.807, 2.05) is 49.2 Å². The predicted molar refractivity (Wildman–Crippen MR) is 68.9 cm³/mol. The van der Waals surface area contributed by atoms with Gasteiger partial charge in [0.15, 0.2) is 0 Å². The molecule has 0 saturated heterocycles. The molecule has 0 aliphatic heterocycles. The van der Waals surface area contributed by atoms with Gasteiger partial charge in [0.1, 0.15) is 0 Å². The molecule has 0 heterocycles. The maximum atomic E-state index is 11.7. The number of carbonyl (C=O) groups excluding carboxylic acids is 1. The van der Waals surface area contributed by atoms with Crippen molar-refractivity contribution in [2.24, 2.45) is 0 Å². The van der Waals surface area contributed by atoms with Crippen molar-refractivity contribution in [2.75, 3.05) is 25.5 Å². The zero-order chi connectivity index (χ0) is 12.7. The van der Waals surface area contributed by atoms with Crippen LogP contribution in [0.1, 0.15) is 13.3 Å². The summed E-state index contributed by atoms with van der Waals surface area (Å²) in [5.74, 6) is -0.0676. The van der Waals surface area contributed by atoms with Crippen LogP contribution in [0.4, 0.5) is 5.69 Å². The Morgan fingerprint density at radius 2 is 2.06 bits per heavy atom. The van der Waals surface area contributed by atoms with E-state index in [1.165, 1.54) is 0 Å². The summed E-state index contributed by atoms with van der Waals surface area (Å²) >= 11 is 0. The number of benzene rings is 1. The molecule has 94 valence electrons. The smallest absolute Gasteiger partial charge is 0.238 e. The monoisotopic (exact) mass is 236 g/mol. The molecular formula is C13H20N2O2. The van der Waals surface area contributed by atoms with E-state index >= 15 is 0 Å². The maximum absolute atomic E-state index is 11.7. The summed E-state index contributed by atoms with van der Waals surface area (Å²) in [6.45, 7) is 2.72. The number of likely N-dealkylation sites (N-methyl/N-ethyl adjacent to an activating group) is 1. The van der Waals surface area contributed by atoms with E-state index < -0.39 is 0 Å². The standard InChI is InChI=1S/C13H20N2O2/c1-3-12(16)9-15(2)10-13(17)14-11-7-5-4-6-8-11/h4-8,12,16H,3,9-10H2,1-2H3,(H,14,17). The van der Waals surface area contributed by atoms with Gasteiger partial charge in [-0.05, 0) is 25.6 Å². The molecule has 0 aliphatic carbocycles. The van der Waals surface area contributed by atoms with Crippen LogP contribution in [-0.4, -0.2) is 42.2 Å². The van der Waals surface area contributed by atoms with Gasteiger partial charge in [-0.25, -0.2) is 0 Å². The Labute approximate surface area is 102 Å². The van der Waals surface area contributed by atoms with Crippen LogP contribution in [0.3, 0.4) is 0 Å². The lowest BCUT2D eigenvalue weighted by Crippen LogP contribution is -2.35. The SMILES string of the molecule is CCC(O)CN(C)CC(=O)Nc1ccccc1. The second-order valence-electron chi connectivity index (χ2n) is 4.17. The predicted octanol–water partition coefficient (Wildman–Crippen LogP) is 1.33. The van der Waals surface area contributed by atoms with Gasteiger partial charge in [0.2, 0.25) is 5.91 Å². The summed E-state index contributed by atoms with van der Waals surface area (Å²) in [5.41, 5.74) is 0.793. The molecule has 1 amide bonds. The lowest BCUT2D eigenvalue weighted by atomic mass is 10.2. The largest absolute Gasteiger partial charge is 0.392 e. The molecule has 0 radical (unpaired) electrons. The van der Waals surface area contributed by atoms with E-state index in [2.05, 4.69) is 5.32 Å². The third-order valence-corrected chi connectivity index (χ3v) is 2.46. The van der Waals surface area contributed by atoms with Gasteiger partial charge in [-0.15, -0.1) is 0 Å². The van der Waals surface area contributed by atoms with Gasteiger partial charge in [-0.1, -0.05) is 25.1 Å². The van der Waals surface area contributed by atoms with Gasteiger partial charge < -0.3 is 10.4 Å². The molecule has 0 spiro atoms. The number of amides is 1. The lowest BCUT2D eigenvalue weighted by Gasteiger charge is -2.19. The molecule has 1 atom stereocenters. The first-order valence-corrected chi connectivity index (χ1v) is 5.83. The van der Waals surface area contributed by atoms with E-state index in [9.17, 15) is 9.90 Å². The average molecular weight is 236 g/mol. The average Bonchev–Trinajstić information content (AvgIpc) is 2.29. The summed E-state index contributed by atoms with van der Waals surface area (Å²) in [4.78, 5) is 13.5. The van der Waals surface area contributed by atoms with Gasteiger partial charge in [0.05, 0.1) is 12.6 Å². The number of aliphatic hydroxyl groups is 1. The lowest BCUT2D eigenvalue weighted by molar-refractivity contribution is -0.117. The van der Waals surface area contributed by atoms with Gasteiger partial charge in [0, 0.05) is 12.2 Å². The number of hydrogen-bond acceptors (Lipinski definition) is 3. The molecule has 0 aromatic heterocycles. The van der Waals surface area contributed by atoms with Crippen molar-refractivity contribution in [3.8, 4) is 0 Å². The van der Waals surface area contributed by atoms with Crippen LogP contribution in [-0.2, 0) is 4.79 Å². The van der Waals surface area contributed by atoms with Crippen LogP contribution in [0.15, 0.2) is 30.3 Å². The molecule has 1 aromatic carbocycles. The van der Waals surface area contributed by atoms with E-state index in [-0.39, 0.29) is 18.6 Å². The molecule has 1 rings (SSSR count). The fraction of sp³-hybridized carbons (Fsp3) is 0.462. The van der Waals surface area contributed by atoms with Crippen LogP contribution >= 0.6 is 0 Å².